The van der Waals surface area contributed by atoms with E-state index in [-0.39, 0.29) is 18.4 Å². The largest absolute Gasteiger partial charge is 0.354 e. The van der Waals surface area contributed by atoms with Crippen LogP contribution in [0.4, 0.5) is 5.69 Å². The van der Waals surface area contributed by atoms with E-state index in [9.17, 15) is 13.2 Å². The molecule has 0 saturated heterocycles. The molecule has 0 bridgehead atoms. The highest BCUT2D eigenvalue weighted by molar-refractivity contribution is 7.92. The van der Waals surface area contributed by atoms with Crippen molar-refractivity contribution >= 4 is 21.6 Å². The first-order chi connectivity index (χ1) is 11.2. The van der Waals surface area contributed by atoms with Gasteiger partial charge in [0.15, 0.2) is 0 Å². The zero-order chi connectivity index (χ0) is 18.3. The van der Waals surface area contributed by atoms with Crippen LogP contribution in [0.25, 0.3) is 0 Å². The van der Waals surface area contributed by atoms with Gasteiger partial charge < -0.3 is 5.32 Å². The molecule has 0 unspecified atom stereocenters. The zero-order valence-corrected chi connectivity index (χ0v) is 16.2. The van der Waals surface area contributed by atoms with Gasteiger partial charge >= 0.3 is 0 Å². The summed E-state index contributed by atoms with van der Waals surface area (Å²) >= 11 is 0. The molecule has 6 heteroatoms. The van der Waals surface area contributed by atoms with Gasteiger partial charge in [-0.2, -0.15) is 0 Å². The van der Waals surface area contributed by atoms with Crippen LogP contribution in [0.1, 0.15) is 52.0 Å². The summed E-state index contributed by atoms with van der Waals surface area (Å²) < 4.78 is 25.5. The van der Waals surface area contributed by atoms with Crippen molar-refractivity contribution in [1.82, 2.24) is 5.32 Å². The number of sulfonamides is 1. The summed E-state index contributed by atoms with van der Waals surface area (Å²) in [5.41, 5.74) is 1.79. The summed E-state index contributed by atoms with van der Waals surface area (Å²) in [7, 11) is -3.40. The number of nitrogens with zero attached hydrogens (tertiary/aromatic N) is 1. The molecule has 0 aromatic heterocycles. The summed E-state index contributed by atoms with van der Waals surface area (Å²) in [6.07, 6.45) is 2.76. The van der Waals surface area contributed by atoms with Gasteiger partial charge in [-0.25, -0.2) is 8.42 Å². The second kappa shape index (κ2) is 9.06. The van der Waals surface area contributed by atoms with Crippen molar-refractivity contribution in [3.63, 3.8) is 0 Å². The molecule has 0 aliphatic heterocycles. The van der Waals surface area contributed by atoms with Crippen LogP contribution in [-0.4, -0.2) is 33.7 Å². The normalized spacial score (nSPS) is 11.8. The molecule has 136 valence electrons. The fourth-order valence-electron chi connectivity index (χ4n) is 2.60. The monoisotopic (exact) mass is 354 g/mol. The van der Waals surface area contributed by atoms with Crippen molar-refractivity contribution in [2.45, 2.75) is 46.5 Å². The van der Waals surface area contributed by atoms with Crippen molar-refractivity contribution in [3.8, 4) is 0 Å². The van der Waals surface area contributed by atoms with Gasteiger partial charge in [-0.3, -0.25) is 9.10 Å². The Balaban J connectivity index is 2.79. The molecule has 0 radical (unpaired) electrons. The van der Waals surface area contributed by atoms with Gasteiger partial charge in [0.25, 0.3) is 0 Å². The van der Waals surface area contributed by atoms with Gasteiger partial charge in [-0.1, -0.05) is 39.8 Å². The van der Waals surface area contributed by atoms with E-state index in [1.165, 1.54) is 10.6 Å². The summed E-state index contributed by atoms with van der Waals surface area (Å²) in [4.78, 5) is 12.0. The Hall–Kier alpha value is -1.56. The Morgan fingerprint density at radius 1 is 1.12 bits per heavy atom. The van der Waals surface area contributed by atoms with Gasteiger partial charge in [0, 0.05) is 12.5 Å². The van der Waals surface area contributed by atoms with Crippen LogP contribution in [0.5, 0.6) is 0 Å². The van der Waals surface area contributed by atoms with E-state index in [1.54, 1.807) is 0 Å². The van der Waals surface area contributed by atoms with Gasteiger partial charge in [-0.15, -0.1) is 0 Å². The number of nitrogens with one attached hydrogen (secondary N) is 1. The predicted octanol–water partition coefficient (Wildman–Crippen LogP) is 3.13. The molecule has 0 heterocycles. The summed E-state index contributed by atoms with van der Waals surface area (Å²) in [5, 5.41) is 2.84. The minimum absolute atomic E-state index is 0.0105. The van der Waals surface area contributed by atoms with E-state index < -0.39 is 10.0 Å². The minimum atomic E-state index is -3.40. The summed E-state index contributed by atoms with van der Waals surface area (Å²) in [6, 6.07) is 7.53. The van der Waals surface area contributed by atoms with Crippen LogP contribution in [0.3, 0.4) is 0 Å². The Bertz CT molecular complexity index is 620. The van der Waals surface area contributed by atoms with Crippen LogP contribution in [0.2, 0.25) is 0 Å². The van der Waals surface area contributed by atoms with Crippen molar-refractivity contribution in [1.29, 1.82) is 0 Å². The standard InChI is InChI=1S/C18H30N2O3S/c1-6-15(7-2)18(21)19-12-13-20(24(5,22)23)17-10-8-16(9-11-17)14(3)4/h8-11,14-15H,6-7,12-13H2,1-5H3,(H,19,21). The number of anilines is 1. The number of hydrogen-bond acceptors (Lipinski definition) is 3. The third-order valence-corrected chi connectivity index (χ3v) is 5.41. The third kappa shape index (κ3) is 5.82. The third-order valence-electron chi connectivity index (χ3n) is 4.22. The van der Waals surface area contributed by atoms with Crippen molar-refractivity contribution in [2.24, 2.45) is 5.92 Å². The van der Waals surface area contributed by atoms with E-state index >= 15 is 0 Å². The Morgan fingerprint density at radius 3 is 2.08 bits per heavy atom. The molecule has 0 fully saturated rings. The quantitative estimate of drug-likeness (QED) is 0.741. The molecule has 1 aromatic rings. The summed E-state index contributed by atoms with van der Waals surface area (Å²) in [5.74, 6) is 0.371. The lowest BCUT2D eigenvalue weighted by molar-refractivity contribution is -0.125. The predicted molar refractivity (Wildman–Crippen MR) is 99.8 cm³/mol. The minimum Gasteiger partial charge on any atom is -0.354 e. The van der Waals surface area contributed by atoms with Gasteiger partial charge in [0.05, 0.1) is 18.5 Å². The fourth-order valence-corrected chi connectivity index (χ4v) is 3.52. The van der Waals surface area contributed by atoms with E-state index in [0.717, 1.165) is 18.4 Å². The van der Waals surface area contributed by atoms with Crippen LogP contribution in [0.15, 0.2) is 24.3 Å². The van der Waals surface area contributed by atoms with Crippen LogP contribution in [-0.2, 0) is 14.8 Å². The molecule has 1 aromatic carbocycles. The Kier molecular flexibility index (Phi) is 7.73. The lowest BCUT2D eigenvalue weighted by atomic mass is 10.0. The van der Waals surface area contributed by atoms with Crippen molar-refractivity contribution in [3.05, 3.63) is 29.8 Å². The first-order valence-corrected chi connectivity index (χ1v) is 10.4. The average Bonchev–Trinajstić information content (AvgIpc) is 2.51. The number of benzene rings is 1. The maximum absolute atomic E-state index is 12.1. The molecule has 1 rings (SSSR count). The number of hydrogen-bond donors (Lipinski definition) is 1. The highest BCUT2D eigenvalue weighted by Crippen LogP contribution is 2.21. The van der Waals surface area contributed by atoms with Gasteiger partial charge in [0.1, 0.15) is 0 Å². The molecule has 0 aliphatic carbocycles. The van der Waals surface area contributed by atoms with Crippen molar-refractivity contribution < 1.29 is 13.2 Å². The van der Waals surface area contributed by atoms with Gasteiger partial charge in [0.2, 0.25) is 15.9 Å². The Labute approximate surface area is 146 Å². The maximum atomic E-state index is 12.1. The smallest absolute Gasteiger partial charge is 0.232 e. The molecule has 5 nitrogen and oxygen atoms in total. The number of rotatable bonds is 9. The SMILES string of the molecule is CCC(CC)C(=O)NCCN(c1ccc(C(C)C)cc1)S(C)(=O)=O. The molecule has 1 N–H and O–H groups in total. The lowest BCUT2D eigenvalue weighted by Gasteiger charge is -2.23. The number of carbonyl (C=O) groups excluding carboxylic acids is 1. The van der Waals surface area contributed by atoms with Gasteiger partial charge in [-0.05, 0) is 36.5 Å². The number of amides is 1. The maximum Gasteiger partial charge on any atom is 0.232 e. The molecular weight excluding hydrogens is 324 g/mol. The summed E-state index contributed by atoms with van der Waals surface area (Å²) in [6.45, 7) is 8.67. The molecule has 0 aliphatic rings. The highest BCUT2D eigenvalue weighted by atomic mass is 32.2. The molecule has 0 atom stereocenters. The van der Waals surface area contributed by atoms with Crippen LogP contribution < -0.4 is 9.62 Å². The van der Waals surface area contributed by atoms with E-state index in [1.807, 2.05) is 38.1 Å². The second-order valence-electron chi connectivity index (χ2n) is 6.39. The highest BCUT2D eigenvalue weighted by Gasteiger charge is 2.19. The van der Waals surface area contributed by atoms with E-state index in [4.69, 9.17) is 0 Å². The fraction of sp³-hybridized carbons (Fsp3) is 0.611. The van der Waals surface area contributed by atoms with Crippen molar-refractivity contribution in [2.75, 3.05) is 23.7 Å². The van der Waals surface area contributed by atoms with E-state index in [0.29, 0.717) is 18.2 Å². The molecular formula is C18H30N2O3S. The number of carbonyl (C=O) groups is 1. The average molecular weight is 355 g/mol. The second-order valence-corrected chi connectivity index (χ2v) is 8.29. The lowest BCUT2D eigenvalue weighted by Crippen LogP contribution is -2.39. The molecule has 0 saturated carbocycles. The van der Waals surface area contributed by atoms with Crippen LogP contribution in [0, 0.1) is 5.92 Å². The molecule has 0 spiro atoms. The molecule has 1 amide bonds. The van der Waals surface area contributed by atoms with E-state index in [2.05, 4.69) is 19.2 Å². The van der Waals surface area contributed by atoms with Crippen LogP contribution >= 0.6 is 0 Å². The zero-order valence-electron chi connectivity index (χ0n) is 15.4. The first-order valence-electron chi connectivity index (χ1n) is 8.56. The topological polar surface area (TPSA) is 66.5 Å². The first kappa shape index (κ1) is 20.5. The molecule has 24 heavy (non-hydrogen) atoms. The Morgan fingerprint density at radius 2 is 1.67 bits per heavy atom.